The van der Waals surface area contributed by atoms with Gasteiger partial charge in [-0.3, -0.25) is 4.79 Å². The van der Waals surface area contributed by atoms with Crippen LogP contribution < -0.4 is 10.6 Å². The van der Waals surface area contributed by atoms with E-state index < -0.39 is 11.9 Å². The molecular formula is C30H29ClN2O3. The molecule has 184 valence electrons. The molecule has 0 unspecified atom stereocenters. The van der Waals surface area contributed by atoms with Gasteiger partial charge < -0.3 is 15.7 Å². The molecule has 3 N–H and O–H groups in total. The minimum absolute atomic E-state index is 0.0279. The second-order valence-corrected chi connectivity index (χ2v) is 11.3. The van der Waals surface area contributed by atoms with Gasteiger partial charge in [-0.05, 0) is 116 Å². The summed E-state index contributed by atoms with van der Waals surface area (Å²) in [5, 5.41) is 16.2. The van der Waals surface area contributed by atoms with Gasteiger partial charge in [-0.1, -0.05) is 29.8 Å². The van der Waals surface area contributed by atoms with Crippen LogP contribution in [0.15, 0.2) is 66.7 Å². The molecule has 1 amide bonds. The van der Waals surface area contributed by atoms with Crippen LogP contribution in [0.5, 0.6) is 0 Å². The summed E-state index contributed by atoms with van der Waals surface area (Å²) < 4.78 is 0. The van der Waals surface area contributed by atoms with E-state index in [9.17, 15) is 14.7 Å². The summed E-state index contributed by atoms with van der Waals surface area (Å²) in [6.07, 6.45) is 8.21. The van der Waals surface area contributed by atoms with Crippen molar-refractivity contribution in [2.24, 2.45) is 17.8 Å². The second kappa shape index (κ2) is 8.97. The number of anilines is 3. The molecule has 3 aromatic rings. The molecule has 0 atom stereocenters. The predicted molar refractivity (Wildman–Crippen MR) is 142 cm³/mol. The lowest BCUT2D eigenvalue weighted by Gasteiger charge is -2.57. The van der Waals surface area contributed by atoms with Gasteiger partial charge >= 0.3 is 5.97 Å². The summed E-state index contributed by atoms with van der Waals surface area (Å²) in [4.78, 5) is 24.0. The van der Waals surface area contributed by atoms with E-state index in [2.05, 4.69) is 28.8 Å². The van der Waals surface area contributed by atoms with Crippen LogP contribution in [0.2, 0.25) is 5.02 Å². The predicted octanol–water partition coefficient (Wildman–Crippen LogP) is 7.50. The average Bonchev–Trinajstić information content (AvgIpc) is 2.85. The standard InChI is InChI=1S/C30H29ClN2O3/c31-26-14-21(30-15-18-11-19(16-30)13-20(12-18)17-30)5-10-27(26)32-22-6-8-23(9-7-22)33-28(34)24-3-1-2-4-25(24)29(35)36/h1-10,14,18-20,32H,11-13,15-17H2,(H,33,34)(H,35,36). The highest BCUT2D eigenvalue weighted by Gasteiger charge is 2.51. The Labute approximate surface area is 215 Å². The van der Waals surface area contributed by atoms with Crippen LogP contribution >= 0.6 is 11.6 Å². The highest BCUT2D eigenvalue weighted by Crippen LogP contribution is 2.61. The minimum Gasteiger partial charge on any atom is -0.478 e. The van der Waals surface area contributed by atoms with Gasteiger partial charge in [-0.2, -0.15) is 0 Å². The molecule has 36 heavy (non-hydrogen) atoms. The van der Waals surface area contributed by atoms with E-state index in [0.29, 0.717) is 11.1 Å². The summed E-state index contributed by atoms with van der Waals surface area (Å²) in [6, 6.07) is 20.0. The number of carboxylic acid groups (broad SMARTS) is 1. The lowest BCUT2D eigenvalue weighted by Crippen LogP contribution is -2.48. The van der Waals surface area contributed by atoms with Gasteiger partial charge in [-0.15, -0.1) is 0 Å². The van der Waals surface area contributed by atoms with Crippen LogP contribution in [0.3, 0.4) is 0 Å². The van der Waals surface area contributed by atoms with Gasteiger partial charge in [0.2, 0.25) is 0 Å². The molecule has 4 bridgehead atoms. The number of nitrogens with one attached hydrogen (secondary N) is 2. The van der Waals surface area contributed by atoms with Gasteiger partial charge in [0.25, 0.3) is 5.91 Å². The maximum absolute atomic E-state index is 12.6. The fraction of sp³-hybridized carbons (Fsp3) is 0.333. The van der Waals surface area contributed by atoms with Crippen LogP contribution in [-0.4, -0.2) is 17.0 Å². The quantitative estimate of drug-likeness (QED) is 0.327. The Balaban J connectivity index is 1.14. The van der Waals surface area contributed by atoms with E-state index in [1.807, 2.05) is 12.1 Å². The highest BCUT2D eigenvalue weighted by molar-refractivity contribution is 6.33. The van der Waals surface area contributed by atoms with E-state index in [1.54, 1.807) is 24.3 Å². The number of amides is 1. The first kappa shape index (κ1) is 23.1. The Morgan fingerprint density at radius 2 is 1.39 bits per heavy atom. The van der Waals surface area contributed by atoms with Crippen molar-refractivity contribution < 1.29 is 14.7 Å². The molecule has 4 aliphatic carbocycles. The smallest absolute Gasteiger partial charge is 0.336 e. The number of hydrogen-bond donors (Lipinski definition) is 3. The fourth-order valence-corrected chi connectivity index (χ4v) is 7.50. The maximum Gasteiger partial charge on any atom is 0.336 e. The number of hydrogen-bond acceptors (Lipinski definition) is 3. The van der Waals surface area contributed by atoms with Crippen LogP contribution in [0.1, 0.15) is 64.8 Å². The summed E-state index contributed by atoms with van der Waals surface area (Å²) in [5.41, 5.74) is 4.10. The Bertz CT molecular complexity index is 1300. The van der Waals surface area contributed by atoms with Gasteiger partial charge in [-0.25, -0.2) is 4.79 Å². The zero-order chi connectivity index (χ0) is 24.9. The van der Waals surface area contributed by atoms with Crippen LogP contribution in [0.4, 0.5) is 17.1 Å². The SMILES string of the molecule is O=C(O)c1ccccc1C(=O)Nc1ccc(Nc2ccc(C34CC5CC(CC(C5)C3)C4)cc2Cl)cc1. The van der Waals surface area contributed by atoms with E-state index in [1.165, 1.54) is 56.2 Å². The monoisotopic (exact) mass is 500 g/mol. The molecule has 6 heteroatoms. The van der Waals surface area contributed by atoms with Crippen molar-refractivity contribution in [3.8, 4) is 0 Å². The van der Waals surface area contributed by atoms with Crippen molar-refractivity contribution >= 4 is 40.5 Å². The zero-order valence-electron chi connectivity index (χ0n) is 20.0. The molecule has 0 heterocycles. The van der Waals surface area contributed by atoms with Crippen molar-refractivity contribution in [1.82, 2.24) is 0 Å². The number of carboxylic acids is 1. The number of carbonyl (C=O) groups excluding carboxylic acids is 1. The third-order valence-electron chi connectivity index (χ3n) is 8.44. The highest BCUT2D eigenvalue weighted by atomic mass is 35.5. The first-order chi connectivity index (χ1) is 17.4. The summed E-state index contributed by atoms with van der Waals surface area (Å²) in [5.74, 6) is 1.08. The zero-order valence-corrected chi connectivity index (χ0v) is 20.7. The van der Waals surface area contributed by atoms with Gasteiger partial charge in [0.15, 0.2) is 0 Å². The van der Waals surface area contributed by atoms with Gasteiger partial charge in [0.05, 0.1) is 21.8 Å². The minimum atomic E-state index is -1.13. The molecule has 4 aliphatic rings. The van der Waals surface area contributed by atoms with Crippen molar-refractivity contribution in [2.45, 2.75) is 43.9 Å². The Morgan fingerprint density at radius 3 is 1.97 bits per heavy atom. The second-order valence-electron chi connectivity index (χ2n) is 10.9. The van der Waals surface area contributed by atoms with Crippen molar-refractivity contribution in [3.05, 3.63) is 88.4 Å². The Morgan fingerprint density at radius 1 is 0.806 bits per heavy atom. The van der Waals surface area contributed by atoms with Gasteiger partial charge in [0.1, 0.15) is 0 Å². The molecule has 7 rings (SSSR count). The largest absolute Gasteiger partial charge is 0.478 e. The van der Waals surface area contributed by atoms with E-state index in [0.717, 1.165) is 34.2 Å². The van der Waals surface area contributed by atoms with Crippen molar-refractivity contribution in [2.75, 3.05) is 10.6 Å². The normalized spacial score (nSPS) is 26.0. The molecule has 0 radical (unpaired) electrons. The molecule has 0 aliphatic heterocycles. The summed E-state index contributed by atoms with van der Waals surface area (Å²) in [6.45, 7) is 0. The first-order valence-electron chi connectivity index (χ1n) is 12.7. The van der Waals surface area contributed by atoms with Crippen molar-refractivity contribution in [3.63, 3.8) is 0 Å². The van der Waals surface area contributed by atoms with E-state index in [-0.39, 0.29) is 11.1 Å². The van der Waals surface area contributed by atoms with E-state index >= 15 is 0 Å². The fourth-order valence-electron chi connectivity index (χ4n) is 7.27. The average molecular weight is 501 g/mol. The topological polar surface area (TPSA) is 78.4 Å². The Kier molecular flexibility index (Phi) is 5.76. The molecule has 4 saturated carbocycles. The van der Waals surface area contributed by atoms with Gasteiger partial charge in [0, 0.05) is 11.4 Å². The molecular weight excluding hydrogens is 472 g/mol. The lowest BCUT2D eigenvalue weighted by atomic mass is 9.48. The number of halogens is 1. The number of rotatable bonds is 6. The molecule has 5 nitrogen and oxygen atoms in total. The number of benzene rings is 3. The third-order valence-corrected chi connectivity index (χ3v) is 8.76. The Hall–Kier alpha value is -3.31. The van der Waals surface area contributed by atoms with Crippen LogP contribution in [-0.2, 0) is 5.41 Å². The molecule has 0 aromatic heterocycles. The maximum atomic E-state index is 12.6. The molecule has 0 saturated heterocycles. The number of aromatic carboxylic acids is 1. The lowest BCUT2D eigenvalue weighted by molar-refractivity contribution is -0.00518. The molecule has 3 aromatic carbocycles. The van der Waals surface area contributed by atoms with Crippen LogP contribution in [0, 0.1) is 17.8 Å². The summed E-state index contributed by atoms with van der Waals surface area (Å²) in [7, 11) is 0. The van der Waals surface area contributed by atoms with Crippen LogP contribution in [0.25, 0.3) is 0 Å². The molecule has 0 spiro atoms. The van der Waals surface area contributed by atoms with Crippen molar-refractivity contribution in [1.29, 1.82) is 0 Å². The third kappa shape index (κ3) is 4.26. The first-order valence-corrected chi connectivity index (χ1v) is 13.1. The number of carbonyl (C=O) groups is 2. The molecule has 4 fully saturated rings. The van der Waals surface area contributed by atoms with E-state index in [4.69, 9.17) is 11.6 Å². The summed E-state index contributed by atoms with van der Waals surface area (Å²) >= 11 is 6.76.